The normalized spacial score (nSPS) is 12.2. The van der Waals surface area contributed by atoms with E-state index in [1.54, 1.807) is 18.6 Å². The first-order valence-electron chi connectivity index (χ1n) is 12.1. The minimum Gasteiger partial charge on any atom is -0.290 e. The molecule has 0 spiro atoms. The Kier molecular flexibility index (Phi) is 4.42. The predicted octanol–water partition coefficient (Wildman–Crippen LogP) is 6.97. The molecule has 36 heavy (non-hydrogen) atoms. The van der Waals surface area contributed by atoms with Gasteiger partial charge in [-0.3, -0.25) is 14.4 Å². The van der Waals surface area contributed by atoms with Crippen LogP contribution < -0.4 is 0 Å². The van der Waals surface area contributed by atoms with Crippen LogP contribution in [0, 0.1) is 0 Å². The number of rotatable bonds is 3. The van der Waals surface area contributed by atoms with Crippen molar-refractivity contribution in [2.24, 2.45) is 0 Å². The lowest BCUT2D eigenvalue weighted by molar-refractivity contribution is 0.620. The SMILES string of the molecule is CC(C)(c1cccc(-c2cnccn2)c1)c1ccc2c(n1)c1ccccc1c1nc3ccccc3n21. The first-order valence-corrected chi connectivity index (χ1v) is 12.1. The fourth-order valence-electron chi connectivity index (χ4n) is 5.18. The molecule has 0 unspecified atom stereocenters. The predicted molar refractivity (Wildman–Crippen MR) is 145 cm³/mol. The van der Waals surface area contributed by atoms with Crippen LogP contribution in [-0.2, 0) is 5.41 Å². The van der Waals surface area contributed by atoms with Crippen LogP contribution in [0.15, 0.2) is 104 Å². The lowest BCUT2D eigenvalue weighted by atomic mass is 9.80. The van der Waals surface area contributed by atoms with Gasteiger partial charge in [0.25, 0.3) is 0 Å². The molecule has 7 aromatic rings. The van der Waals surface area contributed by atoms with E-state index in [1.807, 2.05) is 6.07 Å². The summed E-state index contributed by atoms with van der Waals surface area (Å²) < 4.78 is 2.24. The zero-order chi connectivity index (χ0) is 24.3. The van der Waals surface area contributed by atoms with E-state index >= 15 is 0 Å². The molecule has 4 aromatic heterocycles. The Morgan fingerprint density at radius 2 is 1.56 bits per heavy atom. The van der Waals surface area contributed by atoms with Crippen LogP contribution in [0.25, 0.3) is 49.7 Å². The number of para-hydroxylation sites is 2. The van der Waals surface area contributed by atoms with Crippen LogP contribution in [0.3, 0.4) is 0 Å². The molecule has 0 saturated carbocycles. The molecule has 0 bridgehead atoms. The standard InChI is InChI=1S/C31H23N5/c1-31(2,21-9-7-8-20(18-21)25-19-32-16-17-33-25)28-15-14-27-29(35-28)22-10-3-4-11-23(22)30-34-24-12-5-6-13-26(24)36(27)30/h3-19H,1-2H3. The number of nitrogens with zero attached hydrogens (tertiary/aromatic N) is 5. The molecule has 7 rings (SSSR count). The van der Waals surface area contributed by atoms with Gasteiger partial charge in [0.15, 0.2) is 0 Å². The van der Waals surface area contributed by atoms with Gasteiger partial charge >= 0.3 is 0 Å². The van der Waals surface area contributed by atoms with E-state index in [2.05, 4.69) is 107 Å². The Morgan fingerprint density at radius 1 is 0.722 bits per heavy atom. The molecule has 0 aliphatic heterocycles. The zero-order valence-corrected chi connectivity index (χ0v) is 20.1. The van der Waals surface area contributed by atoms with Gasteiger partial charge in [0.2, 0.25) is 0 Å². The average molecular weight is 466 g/mol. The van der Waals surface area contributed by atoms with Gasteiger partial charge < -0.3 is 0 Å². The summed E-state index contributed by atoms with van der Waals surface area (Å²) in [4.78, 5) is 19.0. The summed E-state index contributed by atoms with van der Waals surface area (Å²) in [6.45, 7) is 4.45. The van der Waals surface area contributed by atoms with Crippen LogP contribution in [0.4, 0.5) is 0 Å². The summed E-state index contributed by atoms with van der Waals surface area (Å²) >= 11 is 0. The summed E-state index contributed by atoms with van der Waals surface area (Å²) in [5, 5.41) is 2.22. The number of pyridine rings is 2. The highest BCUT2D eigenvalue weighted by atomic mass is 15.0. The molecule has 0 amide bonds. The van der Waals surface area contributed by atoms with Crippen molar-refractivity contribution in [2.45, 2.75) is 19.3 Å². The molecule has 0 atom stereocenters. The van der Waals surface area contributed by atoms with Crippen molar-refractivity contribution in [3.63, 3.8) is 0 Å². The third kappa shape index (κ3) is 3.02. The number of fused-ring (bicyclic) bond motifs is 8. The summed E-state index contributed by atoms with van der Waals surface area (Å²) in [5.41, 5.74) is 8.87. The maximum atomic E-state index is 5.31. The number of hydrogen-bond acceptors (Lipinski definition) is 4. The van der Waals surface area contributed by atoms with E-state index in [0.717, 1.165) is 55.4 Å². The Hall–Kier alpha value is -4.64. The summed E-state index contributed by atoms with van der Waals surface area (Å²) in [7, 11) is 0. The second-order valence-corrected chi connectivity index (χ2v) is 9.67. The van der Waals surface area contributed by atoms with Crippen molar-refractivity contribution < 1.29 is 0 Å². The molecular weight excluding hydrogens is 442 g/mol. The Bertz CT molecular complexity index is 1920. The quantitative estimate of drug-likeness (QED) is 0.264. The highest BCUT2D eigenvalue weighted by Gasteiger charge is 2.26. The maximum Gasteiger partial charge on any atom is 0.146 e. The summed E-state index contributed by atoms with van der Waals surface area (Å²) in [6.07, 6.45) is 5.22. The smallest absolute Gasteiger partial charge is 0.146 e. The Labute approximate surface area is 208 Å². The topological polar surface area (TPSA) is 56.0 Å². The molecular formula is C31H23N5. The number of imidazole rings is 1. The first kappa shape index (κ1) is 20.7. The largest absolute Gasteiger partial charge is 0.290 e. The maximum absolute atomic E-state index is 5.31. The minimum atomic E-state index is -0.320. The van der Waals surface area contributed by atoms with E-state index in [4.69, 9.17) is 9.97 Å². The van der Waals surface area contributed by atoms with Gasteiger partial charge in [-0.1, -0.05) is 68.4 Å². The van der Waals surface area contributed by atoms with E-state index in [1.165, 1.54) is 5.56 Å². The highest BCUT2D eigenvalue weighted by Crippen LogP contribution is 2.36. The van der Waals surface area contributed by atoms with Crippen LogP contribution in [0.5, 0.6) is 0 Å². The van der Waals surface area contributed by atoms with Gasteiger partial charge in [-0.15, -0.1) is 0 Å². The summed E-state index contributed by atoms with van der Waals surface area (Å²) in [5.74, 6) is 0. The van der Waals surface area contributed by atoms with Crippen molar-refractivity contribution in [2.75, 3.05) is 0 Å². The lowest BCUT2D eigenvalue weighted by Gasteiger charge is -2.26. The Balaban J connectivity index is 1.48. The third-order valence-corrected chi connectivity index (χ3v) is 7.18. The zero-order valence-electron chi connectivity index (χ0n) is 20.1. The van der Waals surface area contributed by atoms with Crippen LogP contribution in [-0.4, -0.2) is 24.3 Å². The van der Waals surface area contributed by atoms with E-state index in [-0.39, 0.29) is 5.41 Å². The molecule has 3 aromatic carbocycles. The molecule has 5 heteroatoms. The molecule has 0 aliphatic rings. The minimum absolute atomic E-state index is 0.320. The van der Waals surface area contributed by atoms with E-state index in [9.17, 15) is 0 Å². The molecule has 0 saturated heterocycles. The highest BCUT2D eigenvalue weighted by molar-refractivity contribution is 6.12. The van der Waals surface area contributed by atoms with Crippen molar-refractivity contribution in [1.82, 2.24) is 24.3 Å². The van der Waals surface area contributed by atoms with Crippen molar-refractivity contribution in [1.29, 1.82) is 0 Å². The molecule has 0 radical (unpaired) electrons. The van der Waals surface area contributed by atoms with Gasteiger partial charge in [-0.05, 0) is 35.9 Å². The van der Waals surface area contributed by atoms with Gasteiger partial charge in [0.1, 0.15) is 5.65 Å². The first-order chi connectivity index (χ1) is 17.6. The molecule has 4 heterocycles. The third-order valence-electron chi connectivity index (χ3n) is 7.18. The van der Waals surface area contributed by atoms with Crippen LogP contribution >= 0.6 is 0 Å². The monoisotopic (exact) mass is 465 g/mol. The lowest BCUT2D eigenvalue weighted by Crippen LogP contribution is -2.20. The van der Waals surface area contributed by atoms with E-state index in [0.29, 0.717) is 0 Å². The summed E-state index contributed by atoms with van der Waals surface area (Å²) in [6, 6.07) is 29.6. The van der Waals surface area contributed by atoms with Crippen molar-refractivity contribution >= 4 is 38.5 Å². The average Bonchev–Trinajstić information content (AvgIpc) is 3.34. The van der Waals surface area contributed by atoms with Gasteiger partial charge in [-0.25, -0.2) is 9.97 Å². The second kappa shape index (κ2) is 7.68. The van der Waals surface area contributed by atoms with Crippen molar-refractivity contribution in [3.05, 3.63) is 115 Å². The number of hydrogen-bond donors (Lipinski definition) is 0. The number of benzene rings is 3. The van der Waals surface area contributed by atoms with Crippen LogP contribution in [0.2, 0.25) is 0 Å². The molecule has 0 N–H and O–H groups in total. The molecule has 0 aliphatic carbocycles. The van der Waals surface area contributed by atoms with Crippen molar-refractivity contribution in [3.8, 4) is 11.3 Å². The van der Waals surface area contributed by atoms with Gasteiger partial charge in [0.05, 0.1) is 39.7 Å². The fourth-order valence-corrected chi connectivity index (χ4v) is 5.18. The van der Waals surface area contributed by atoms with Crippen LogP contribution in [0.1, 0.15) is 25.1 Å². The number of aromatic nitrogens is 5. The van der Waals surface area contributed by atoms with Gasteiger partial charge in [0, 0.05) is 34.1 Å². The van der Waals surface area contributed by atoms with Gasteiger partial charge in [-0.2, -0.15) is 0 Å². The second-order valence-electron chi connectivity index (χ2n) is 9.67. The van der Waals surface area contributed by atoms with E-state index < -0.39 is 0 Å². The molecule has 0 fully saturated rings. The Morgan fingerprint density at radius 3 is 2.42 bits per heavy atom. The fraction of sp³-hybridized carbons (Fsp3) is 0.0968. The molecule has 5 nitrogen and oxygen atoms in total. The molecule has 172 valence electrons.